The van der Waals surface area contributed by atoms with Gasteiger partial charge < -0.3 is 13.9 Å². The second-order valence-corrected chi connectivity index (χ2v) is 10.9. The van der Waals surface area contributed by atoms with Crippen molar-refractivity contribution in [1.29, 1.82) is 0 Å². The summed E-state index contributed by atoms with van der Waals surface area (Å²) in [6, 6.07) is 0. The molecule has 0 N–H and O–H groups in total. The number of rotatable bonds is 4. The molecule has 0 amide bonds. The van der Waals surface area contributed by atoms with Crippen molar-refractivity contribution in [3.8, 4) is 0 Å². The number of carbonyl (C=O) groups excluding carboxylic acids is 1. The van der Waals surface area contributed by atoms with Crippen LogP contribution in [-0.4, -0.2) is 40.0 Å². The lowest BCUT2D eigenvalue weighted by molar-refractivity contribution is -0.135. The lowest BCUT2D eigenvalue weighted by atomic mass is 10.1. The Labute approximate surface area is 110 Å². The Balaban J connectivity index is 2.63. The molecule has 1 aliphatic heterocycles. The summed E-state index contributed by atoms with van der Waals surface area (Å²) in [6.45, 7) is 11.3. The fourth-order valence-corrected chi connectivity index (χ4v) is 2.47. The molecule has 0 saturated carbocycles. The average Bonchev–Trinajstić information content (AvgIpc) is 2.25. The van der Waals surface area contributed by atoms with Crippen LogP contribution in [0.25, 0.3) is 0 Å². The molecule has 2 atom stereocenters. The molecule has 1 aliphatic rings. The van der Waals surface area contributed by atoms with Gasteiger partial charge in [0.15, 0.2) is 26.3 Å². The summed E-state index contributed by atoms with van der Waals surface area (Å²) in [5.74, 6) is -0.0624. The highest BCUT2D eigenvalue weighted by Crippen LogP contribution is 2.36. The van der Waals surface area contributed by atoms with E-state index in [0.717, 1.165) is 0 Å². The van der Waals surface area contributed by atoms with Crippen molar-refractivity contribution in [2.45, 2.75) is 51.1 Å². The van der Waals surface area contributed by atoms with Crippen LogP contribution in [0.4, 0.5) is 0 Å². The van der Waals surface area contributed by atoms with Crippen LogP contribution < -0.4 is 0 Å². The Morgan fingerprint density at radius 1 is 1.39 bits per heavy atom. The van der Waals surface area contributed by atoms with Crippen molar-refractivity contribution in [3.63, 3.8) is 0 Å². The molecular weight excluding hydrogens is 248 g/mol. The normalized spacial score (nSPS) is 25.1. The highest BCUT2D eigenvalue weighted by Gasteiger charge is 2.39. The summed E-state index contributed by atoms with van der Waals surface area (Å²) >= 11 is 0. The molecule has 1 heterocycles. The van der Waals surface area contributed by atoms with Gasteiger partial charge in [0.2, 0.25) is 0 Å². The quantitative estimate of drug-likeness (QED) is 0.738. The first-order valence-corrected chi connectivity index (χ1v) is 9.12. The van der Waals surface area contributed by atoms with Crippen LogP contribution in [0, 0.1) is 0 Å². The summed E-state index contributed by atoms with van der Waals surface area (Å²) in [6.07, 6.45) is 1.93. The van der Waals surface area contributed by atoms with Crippen LogP contribution in [0.5, 0.6) is 0 Å². The molecule has 2 unspecified atom stereocenters. The van der Waals surface area contributed by atoms with Crippen molar-refractivity contribution in [2.75, 3.05) is 13.7 Å². The summed E-state index contributed by atoms with van der Waals surface area (Å²) < 4.78 is 16.7. The molecular formula is C13H24O4Si. The smallest absolute Gasteiger partial charge is 0.192 e. The summed E-state index contributed by atoms with van der Waals surface area (Å²) in [7, 11) is -0.306. The minimum absolute atomic E-state index is 0.0624. The van der Waals surface area contributed by atoms with Gasteiger partial charge in [0.25, 0.3) is 0 Å². The van der Waals surface area contributed by atoms with Gasteiger partial charge in [0.05, 0.1) is 12.9 Å². The number of ether oxygens (including phenoxy) is 2. The van der Waals surface area contributed by atoms with Crippen LogP contribution in [-0.2, 0) is 18.7 Å². The zero-order valence-corrected chi connectivity index (χ0v) is 13.1. The van der Waals surface area contributed by atoms with E-state index in [2.05, 4.69) is 33.9 Å². The monoisotopic (exact) mass is 272 g/mol. The first-order chi connectivity index (χ1) is 8.19. The predicted molar refractivity (Wildman–Crippen MR) is 73.0 cm³/mol. The maximum atomic E-state index is 11.6. The summed E-state index contributed by atoms with van der Waals surface area (Å²) in [5.41, 5.74) is 0. The van der Waals surface area contributed by atoms with Gasteiger partial charge in [0.1, 0.15) is 0 Å². The van der Waals surface area contributed by atoms with Gasteiger partial charge in [-0.25, -0.2) is 0 Å². The molecule has 4 nitrogen and oxygen atoms in total. The molecule has 1 rings (SSSR count). The molecule has 18 heavy (non-hydrogen) atoms. The molecule has 104 valence electrons. The molecule has 0 aromatic carbocycles. The zero-order valence-electron chi connectivity index (χ0n) is 12.1. The SMILES string of the molecule is COC1C(=O)C=COC1CO[Si](C)(C)C(C)(C)C. The van der Waals surface area contributed by atoms with Crippen molar-refractivity contribution >= 4 is 14.1 Å². The molecule has 0 radical (unpaired) electrons. The molecule has 0 saturated heterocycles. The van der Waals surface area contributed by atoms with Crippen LogP contribution in [0.3, 0.4) is 0 Å². The molecule has 5 heteroatoms. The van der Waals surface area contributed by atoms with E-state index in [1.165, 1.54) is 19.4 Å². The van der Waals surface area contributed by atoms with E-state index >= 15 is 0 Å². The van der Waals surface area contributed by atoms with E-state index in [9.17, 15) is 4.79 Å². The van der Waals surface area contributed by atoms with Crippen molar-refractivity contribution < 1.29 is 18.7 Å². The lowest BCUT2D eigenvalue weighted by Crippen LogP contribution is -2.47. The Bertz CT molecular complexity index is 330. The predicted octanol–water partition coefficient (Wildman–Crippen LogP) is 2.50. The van der Waals surface area contributed by atoms with Gasteiger partial charge in [-0.3, -0.25) is 4.79 Å². The lowest BCUT2D eigenvalue weighted by Gasteiger charge is -2.38. The molecule has 0 aromatic rings. The second-order valence-electron chi connectivity index (χ2n) is 6.11. The third-order valence-corrected chi connectivity index (χ3v) is 8.27. The minimum atomic E-state index is -1.82. The first kappa shape index (κ1) is 15.4. The molecule has 0 bridgehead atoms. The summed E-state index contributed by atoms with van der Waals surface area (Å²) in [4.78, 5) is 11.6. The van der Waals surface area contributed by atoms with Crippen LogP contribution in [0.15, 0.2) is 12.3 Å². The minimum Gasteiger partial charge on any atom is -0.492 e. The van der Waals surface area contributed by atoms with E-state index in [-0.39, 0.29) is 16.9 Å². The fourth-order valence-electron chi connectivity index (χ4n) is 1.46. The highest BCUT2D eigenvalue weighted by atomic mass is 28.4. The van der Waals surface area contributed by atoms with Gasteiger partial charge in [-0.15, -0.1) is 0 Å². The topological polar surface area (TPSA) is 44.8 Å². The largest absolute Gasteiger partial charge is 0.492 e. The number of methoxy groups -OCH3 is 1. The third kappa shape index (κ3) is 3.43. The standard InChI is InChI=1S/C13H24O4Si/c1-13(2,3)18(5,6)17-9-11-12(15-4)10(14)7-8-16-11/h7-8,11-12H,9H2,1-6H3. The van der Waals surface area contributed by atoms with E-state index in [1.807, 2.05) is 0 Å². The molecule has 0 spiro atoms. The maximum absolute atomic E-state index is 11.6. The summed E-state index contributed by atoms with van der Waals surface area (Å²) in [5, 5.41) is 0.143. The number of ketones is 1. The van der Waals surface area contributed by atoms with Crippen molar-refractivity contribution in [3.05, 3.63) is 12.3 Å². The van der Waals surface area contributed by atoms with Gasteiger partial charge in [0, 0.05) is 13.2 Å². The Morgan fingerprint density at radius 2 is 2.00 bits per heavy atom. The highest BCUT2D eigenvalue weighted by molar-refractivity contribution is 6.74. The molecule has 0 fully saturated rings. The van der Waals surface area contributed by atoms with Crippen LogP contribution in [0.1, 0.15) is 20.8 Å². The molecule has 0 aliphatic carbocycles. The van der Waals surface area contributed by atoms with E-state index in [1.54, 1.807) is 0 Å². The Kier molecular flexibility index (Phi) is 4.75. The number of hydrogen-bond acceptors (Lipinski definition) is 4. The Hall–Kier alpha value is -0.653. The zero-order chi connectivity index (χ0) is 14.0. The van der Waals surface area contributed by atoms with Crippen molar-refractivity contribution in [1.82, 2.24) is 0 Å². The van der Waals surface area contributed by atoms with E-state index in [4.69, 9.17) is 13.9 Å². The van der Waals surface area contributed by atoms with E-state index in [0.29, 0.717) is 6.61 Å². The second kappa shape index (κ2) is 5.55. The van der Waals surface area contributed by atoms with Crippen molar-refractivity contribution in [2.24, 2.45) is 0 Å². The Morgan fingerprint density at radius 3 is 2.50 bits per heavy atom. The van der Waals surface area contributed by atoms with Gasteiger partial charge in [-0.2, -0.15) is 0 Å². The van der Waals surface area contributed by atoms with Gasteiger partial charge >= 0.3 is 0 Å². The first-order valence-electron chi connectivity index (χ1n) is 6.21. The van der Waals surface area contributed by atoms with E-state index < -0.39 is 14.4 Å². The fraction of sp³-hybridized carbons (Fsp3) is 0.769. The molecule has 0 aromatic heterocycles. The number of carbonyl (C=O) groups is 1. The average molecular weight is 272 g/mol. The van der Waals surface area contributed by atoms with Gasteiger partial charge in [-0.05, 0) is 18.1 Å². The maximum Gasteiger partial charge on any atom is 0.192 e. The van der Waals surface area contributed by atoms with Gasteiger partial charge in [-0.1, -0.05) is 20.8 Å². The third-order valence-electron chi connectivity index (χ3n) is 3.77. The number of hydrogen-bond donors (Lipinski definition) is 0. The van der Waals surface area contributed by atoms with Crippen LogP contribution in [0.2, 0.25) is 18.1 Å². The van der Waals surface area contributed by atoms with Crippen LogP contribution >= 0.6 is 0 Å².